The van der Waals surface area contributed by atoms with E-state index in [4.69, 9.17) is 17.4 Å². The van der Waals surface area contributed by atoms with Crippen LogP contribution < -0.4 is 15.8 Å². The van der Waals surface area contributed by atoms with E-state index in [9.17, 15) is 8.42 Å². The van der Waals surface area contributed by atoms with Gasteiger partial charge >= 0.3 is 0 Å². The predicted molar refractivity (Wildman–Crippen MR) is 102 cm³/mol. The molecule has 0 spiro atoms. The number of benzene rings is 2. The number of hydrogen-bond donors (Lipinski definition) is 3. The fourth-order valence-electron chi connectivity index (χ4n) is 2.48. The third-order valence-electron chi connectivity index (χ3n) is 3.68. The molecule has 1 unspecified atom stereocenters. The van der Waals surface area contributed by atoms with E-state index in [0.29, 0.717) is 10.8 Å². The normalized spacial score (nSPS) is 12.5. The lowest BCUT2D eigenvalue weighted by molar-refractivity contribution is 0.598. The Bertz CT molecular complexity index is 847. The van der Waals surface area contributed by atoms with Gasteiger partial charge in [-0.15, -0.1) is 0 Å². The van der Waals surface area contributed by atoms with E-state index in [1.807, 2.05) is 6.92 Å². The van der Waals surface area contributed by atoms with Gasteiger partial charge in [0.2, 0.25) is 10.0 Å². The molecule has 0 aliphatic rings. The minimum absolute atomic E-state index is 0.0503. The van der Waals surface area contributed by atoms with Gasteiger partial charge in [0.05, 0.1) is 10.9 Å². The molecule has 24 heavy (non-hydrogen) atoms. The van der Waals surface area contributed by atoms with E-state index >= 15 is 0 Å². The largest absolute Gasteiger partial charge is 0.356 e. The molecule has 0 heterocycles. The number of thiocarbonyl (C=S) groups is 1. The molecule has 0 aliphatic heterocycles. The molecule has 7 heteroatoms. The summed E-state index contributed by atoms with van der Waals surface area (Å²) >= 11 is 5.32. The quantitative estimate of drug-likeness (QED) is 0.727. The summed E-state index contributed by atoms with van der Waals surface area (Å²) in [6, 6.07) is 12.5. The van der Waals surface area contributed by atoms with Crippen LogP contribution in [0.25, 0.3) is 0 Å². The summed E-state index contributed by atoms with van der Waals surface area (Å²) in [4.78, 5) is 0.0653. The Morgan fingerprint density at radius 3 is 2.29 bits per heavy atom. The number of nitrogens with two attached hydrogens (primary N) is 1. The summed E-state index contributed by atoms with van der Waals surface area (Å²) in [6.45, 7) is 6.17. The van der Waals surface area contributed by atoms with Gasteiger partial charge in [0, 0.05) is 5.69 Å². The average Bonchev–Trinajstić information content (AvgIpc) is 2.46. The van der Waals surface area contributed by atoms with E-state index in [1.54, 1.807) is 12.1 Å². The third kappa shape index (κ3) is 4.77. The van der Waals surface area contributed by atoms with Crippen molar-refractivity contribution >= 4 is 33.0 Å². The van der Waals surface area contributed by atoms with Crippen LogP contribution in [0.15, 0.2) is 47.4 Å². The molecule has 0 saturated carbocycles. The monoisotopic (exact) mass is 363 g/mol. The number of sulfonamides is 1. The minimum atomic E-state index is -3.69. The van der Waals surface area contributed by atoms with Crippen molar-refractivity contribution in [1.82, 2.24) is 5.32 Å². The maximum Gasteiger partial charge on any atom is 0.238 e. The molecule has 2 aromatic rings. The van der Waals surface area contributed by atoms with Crippen molar-refractivity contribution in [1.29, 1.82) is 0 Å². The minimum Gasteiger partial charge on any atom is -0.356 e. The highest BCUT2D eigenvalue weighted by Crippen LogP contribution is 2.19. The molecule has 0 aromatic heterocycles. The lowest BCUT2D eigenvalue weighted by atomic mass is 10.0. The van der Waals surface area contributed by atoms with Crippen LogP contribution in [0.1, 0.15) is 29.7 Å². The van der Waals surface area contributed by atoms with Crippen molar-refractivity contribution in [3.63, 3.8) is 0 Å². The highest BCUT2D eigenvalue weighted by atomic mass is 32.2. The first-order valence-electron chi connectivity index (χ1n) is 7.44. The molecule has 0 radical (unpaired) electrons. The topological polar surface area (TPSA) is 84.2 Å². The smallest absolute Gasteiger partial charge is 0.238 e. The Hall–Kier alpha value is -1.96. The number of anilines is 1. The Balaban J connectivity index is 2.02. The van der Waals surface area contributed by atoms with Crippen molar-refractivity contribution in [2.24, 2.45) is 5.14 Å². The molecule has 0 bridgehead atoms. The number of hydrogen-bond acceptors (Lipinski definition) is 3. The standard InChI is InChI=1S/C17H21N3O2S2/c1-11-4-9-16(12(2)10-11)13(3)19-17(23)20-14-5-7-15(8-6-14)24(18,21)22/h4-10,13H,1-3H3,(H2,18,21,22)(H2,19,20,23). The van der Waals surface area contributed by atoms with Crippen molar-refractivity contribution in [3.05, 3.63) is 59.2 Å². The number of aryl methyl sites for hydroxylation is 2. The van der Waals surface area contributed by atoms with Gasteiger partial charge in [-0.2, -0.15) is 0 Å². The van der Waals surface area contributed by atoms with Gasteiger partial charge in [0.25, 0.3) is 0 Å². The Labute approximate surface area is 148 Å². The average molecular weight is 364 g/mol. The van der Waals surface area contributed by atoms with E-state index in [0.717, 1.165) is 0 Å². The zero-order valence-corrected chi connectivity index (χ0v) is 15.5. The van der Waals surface area contributed by atoms with E-state index in [2.05, 4.69) is 42.7 Å². The summed E-state index contributed by atoms with van der Waals surface area (Å²) in [6.07, 6.45) is 0. The van der Waals surface area contributed by atoms with Gasteiger partial charge in [-0.25, -0.2) is 13.6 Å². The molecule has 5 nitrogen and oxygen atoms in total. The van der Waals surface area contributed by atoms with E-state index in [1.165, 1.54) is 28.8 Å². The summed E-state index contributed by atoms with van der Waals surface area (Å²) in [5, 5.41) is 11.8. The zero-order valence-electron chi connectivity index (χ0n) is 13.8. The maximum atomic E-state index is 11.2. The molecule has 2 aromatic carbocycles. The second kappa shape index (κ2) is 7.29. The second-order valence-electron chi connectivity index (χ2n) is 5.75. The number of primary sulfonamides is 1. The predicted octanol–water partition coefficient (Wildman–Crippen LogP) is 3.00. The van der Waals surface area contributed by atoms with Crippen LogP contribution in [0, 0.1) is 13.8 Å². The first-order valence-corrected chi connectivity index (χ1v) is 9.40. The van der Waals surface area contributed by atoms with Crippen molar-refractivity contribution < 1.29 is 8.42 Å². The van der Waals surface area contributed by atoms with Gasteiger partial charge < -0.3 is 10.6 Å². The van der Waals surface area contributed by atoms with Crippen molar-refractivity contribution in [3.8, 4) is 0 Å². The lowest BCUT2D eigenvalue weighted by Gasteiger charge is -2.19. The molecule has 0 saturated heterocycles. The van der Waals surface area contributed by atoms with E-state index < -0.39 is 10.0 Å². The van der Waals surface area contributed by atoms with Crippen LogP contribution in [0.4, 0.5) is 5.69 Å². The summed E-state index contributed by atoms with van der Waals surface area (Å²) in [5.74, 6) is 0. The maximum absolute atomic E-state index is 11.2. The number of nitrogens with one attached hydrogen (secondary N) is 2. The fourth-order valence-corrected chi connectivity index (χ4v) is 3.29. The SMILES string of the molecule is Cc1ccc(C(C)NC(=S)Nc2ccc(S(N)(=O)=O)cc2)c(C)c1. The number of rotatable bonds is 4. The molecular formula is C17H21N3O2S2. The van der Waals surface area contributed by atoms with E-state index in [-0.39, 0.29) is 10.9 Å². The molecule has 0 aliphatic carbocycles. The lowest BCUT2D eigenvalue weighted by Crippen LogP contribution is -2.31. The van der Waals surface area contributed by atoms with Crippen LogP contribution >= 0.6 is 12.2 Å². The first kappa shape index (κ1) is 18.4. The van der Waals surface area contributed by atoms with Crippen LogP contribution in [0.5, 0.6) is 0 Å². The Kier molecular flexibility index (Phi) is 5.58. The molecule has 1 atom stereocenters. The fraction of sp³-hybridized carbons (Fsp3) is 0.235. The summed E-state index contributed by atoms with van der Waals surface area (Å²) in [5.41, 5.74) is 4.29. The molecular weight excluding hydrogens is 342 g/mol. The van der Waals surface area contributed by atoms with Gasteiger partial charge in [0.15, 0.2) is 5.11 Å². The Morgan fingerprint density at radius 1 is 1.12 bits per heavy atom. The van der Waals surface area contributed by atoms with Crippen molar-refractivity contribution in [2.75, 3.05) is 5.32 Å². The Morgan fingerprint density at radius 2 is 1.75 bits per heavy atom. The van der Waals surface area contributed by atoms with Crippen LogP contribution in [0.3, 0.4) is 0 Å². The van der Waals surface area contributed by atoms with Crippen LogP contribution in [0.2, 0.25) is 0 Å². The van der Waals surface area contributed by atoms with Crippen LogP contribution in [-0.2, 0) is 10.0 Å². The highest BCUT2D eigenvalue weighted by molar-refractivity contribution is 7.89. The zero-order chi connectivity index (χ0) is 17.9. The molecule has 2 rings (SSSR count). The summed E-state index contributed by atoms with van der Waals surface area (Å²) < 4.78 is 22.5. The third-order valence-corrected chi connectivity index (χ3v) is 4.83. The van der Waals surface area contributed by atoms with Crippen molar-refractivity contribution in [2.45, 2.75) is 31.7 Å². The molecule has 128 valence electrons. The molecule has 0 amide bonds. The highest BCUT2D eigenvalue weighted by Gasteiger charge is 2.11. The second-order valence-corrected chi connectivity index (χ2v) is 7.72. The molecule has 0 fully saturated rings. The van der Waals surface area contributed by atoms with Gasteiger partial charge in [-0.3, -0.25) is 0 Å². The van der Waals surface area contributed by atoms with Gasteiger partial charge in [-0.1, -0.05) is 23.8 Å². The first-order chi connectivity index (χ1) is 11.2. The van der Waals surface area contributed by atoms with Crippen LogP contribution in [-0.4, -0.2) is 13.5 Å². The molecule has 4 N–H and O–H groups in total. The summed E-state index contributed by atoms with van der Waals surface area (Å²) in [7, 11) is -3.69. The van der Waals surface area contributed by atoms with Gasteiger partial charge in [-0.05, 0) is 68.4 Å². The van der Waals surface area contributed by atoms with Gasteiger partial charge in [0.1, 0.15) is 0 Å².